The van der Waals surface area contributed by atoms with Crippen LogP contribution in [0, 0.1) is 11.7 Å². The van der Waals surface area contributed by atoms with Crippen LogP contribution in [-0.2, 0) is 26.2 Å². The van der Waals surface area contributed by atoms with E-state index in [2.05, 4.69) is 15.4 Å². The zero-order valence-electron chi connectivity index (χ0n) is 15.7. The summed E-state index contributed by atoms with van der Waals surface area (Å²) < 4.78 is 39.3. The Kier molecular flexibility index (Phi) is 6.60. The molecule has 154 valence electrons. The van der Waals surface area contributed by atoms with Crippen LogP contribution in [0.5, 0.6) is 0 Å². The lowest BCUT2D eigenvalue weighted by Gasteiger charge is -2.09. The molecule has 1 aliphatic rings. The standard InChI is InChI=1S/C20H22FN3O4S/c21-16-5-9-18(10-6-16)29(27,28)23-12-11-19(25)22-13-14-1-7-17(8-2-14)24-20(26)15-3-4-15/h1-2,5-10,15,23H,3-4,11-13H2,(H,22,25)(H,24,26). The van der Waals surface area contributed by atoms with Crippen LogP contribution in [0.2, 0.25) is 0 Å². The molecule has 3 rings (SSSR count). The fraction of sp³-hybridized carbons (Fsp3) is 0.300. The number of anilines is 1. The summed E-state index contributed by atoms with van der Waals surface area (Å²) in [6, 6.07) is 11.6. The first kappa shape index (κ1) is 20.9. The van der Waals surface area contributed by atoms with Gasteiger partial charge in [0.05, 0.1) is 4.90 Å². The van der Waals surface area contributed by atoms with Crippen LogP contribution in [0.25, 0.3) is 0 Å². The molecule has 1 fully saturated rings. The van der Waals surface area contributed by atoms with E-state index in [9.17, 15) is 22.4 Å². The number of carbonyl (C=O) groups is 2. The molecule has 29 heavy (non-hydrogen) atoms. The Labute approximate surface area is 168 Å². The highest BCUT2D eigenvalue weighted by molar-refractivity contribution is 7.89. The van der Waals surface area contributed by atoms with E-state index in [-0.39, 0.29) is 35.6 Å². The quantitative estimate of drug-likeness (QED) is 0.579. The number of sulfonamides is 1. The van der Waals surface area contributed by atoms with Gasteiger partial charge in [0.25, 0.3) is 0 Å². The van der Waals surface area contributed by atoms with Crippen LogP contribution in [-0.4, -0.2) is 26.8 Å². The average Bonchev–Trinajstić information content (AvgIpc) is 3.53. The van der Waals surface area contributed by atoms with Gasteiger partial charge in [0, 0.05) is 31.1 Å². The number of halogens is 1. The maximum Gasteiger partial charge on any atom is 0.240 e. The molecular formula is C20H22FN3O4S. The third-order valence-corrected chi connectivity index (χ3v) is 5.90. The molecule has 1 aliphatic carbocycles. The molecule has 1 saturated carbocycles. The number of nitrogens with one attached hydrogen (secondary N) is 3. The Morgan fingerprint density at radius 1 is 1.00 bits per heavy atom. The largest absolute Gasteiger partial charge is 0.352 e. The van der Waals surface area contributed by atoms with E-state index in [0.717, 1.165) is 42.7 Å². The lowest BCUT2D eigenvalue weighted by Crippen LogP contribution is -2.30. The zero-order valence-corrected chi connectivity index (χ0v) is 16.5. The predicted molar refractivity (Wildman–Crippen MR) is 106 cm³/mol. The van der Waals surface area contributed by atoms with E-state index in [1.54, 1.807) is 24.3 Å². The summed E-state index contributed by atoms with van der Waals surface area (Å²) in [4.78, 5) is 23.6. The van der Waals surface area contributed by atoms with Crippen LogP contribution in [0.15, 0.2) is 53.4 Å². The third kappa shape index (κ3) is 6.37. The number of rotatable bonds is 9. The molecule has 2 aromatic rings. The van der Waals surface area contributed by atoms with Gasteiger partial charge in [-0.3, -0.25) is 9.59 Å². The van der Waals surface area contributed by atoms with Gasteiger partial charge < -0.3 is 10.6 Å². The van der Waals surface area contributed by atoms with E-state index < -0.39 is 15.8 Å². The first-order chi connectivity index (χ1) is 13.8. The van der Waals surface area contributed by atoms with Gasteiger partial charge in [-0.05, 0) is 54.8 Å². The fourth-order valence-electron chi connectivity index (χ4n) is 2.58. The van der Waals surface area contributed by atoms with Gasteiger partial charge in [0.1, 0.15) is 5.82 Å². The Morgan fingerprint density at radius 3 is 2.28 bits per heavy atom. The van der Waals surface area contributed by atoms with Gasteiger partial charge in [0.2, 0.25) is 21.8 Å². The lowest BCUT2D eigenvalue weighted by molar-refractivity contribution is -0.121. The van der Waals surface area contributed by atoms with Crippen molar-refractivity contribution in [2.24, 2.45) is 5.92 Å². The summed E-state index contributed by atoms with van der Waals surface area (Å²) >= 11 is 0. The van der Waals surface area contributed by atoms with Gasteiger partial charge in [-0.15, -0.1) is 0 Å². The second-order valence-electron chi connectivity index (χ2n) is 6.84. The van der Waals surface area contributed by atoms with E-state index in [0.29, 0.717) is 12.2 Å². The molecule has 0 spiro atoms. The topological polar surface area (TPSA) is 104 Å². The summed E-state index contributed by atoms with van der Waals surface area (Å²) in [5, 5.41) is 5.55. The van der Waals surface area contributed by atoms with Gasteiger partial charge in [0.15, 0.2) is 0 Å². The van der Waals surface area contributed by atoms with Gasteiger partial charge in [-0.2, -0.15) is 0 Å². The molecule has 0 saturated heterocycles. The lowest BCUT2D eigenvalue weighted by atomic mass is 10.2. The minimum atomic E-state index is -3.79. The van der Waals surface area contributed by atoms with Crippen molar-refractivity contribution in [1.29, 1.82) is 0 Å². The van der Waals surface area contributed by atoms with Crippen molar-refractivity contribution in [3.8, 4) is 0 Å². The molecule has 0 unspecified atom stereocenters. The van der Waals surface area contributed by atoms with Crippen LogP contribution < -0.4 is 15.4 Å². The average molecular weight is 419 g/mol. The van der Waals surface area contributed by atoms with E-state index >= 15 is 0 Å². The van der Waals surface area contributed by atoms with E-state index in [4.69, 9.17) is 0 Å². The molecule has 0 aromatic heterocycles. The Morgan fingerprint density at radius 2 is 1.66 bits per heavy atom. The monoisotopic (exact) mass is 419 g/mol. The van der Waals surface area contributed by atoms with Crippen molar-refractivity contribution in [2.75, 3.05) is 11.9 Å². The molecule has 0 bridgehead atoms. The summed E-state index contributed by atoms with van der Waals surface area (Å²) in [7, 11) is -3.79. The number of amides is 2. The van der Waals surface area contributed by atoms with Crippen molar-refractivity contribution in [3.05, 3.63) is 59.9 Å². The molecule has 2 amide bonds. The molecule has 3 N–H and O–H groups in total. The number of hydrogen-bond acceptors (Lipinski definition) is 4. The van der Waals surface area contributed by atoms with Crippen molar-refractivity contribution < 1.29 is 22.4 Å². The first-order valence-corrected chi connectivity index (χ1v) is 10.7. The van der Waals surface area contributed by atoms with Crippen LogP contribution in [0.3, 0.4) is 0 Å². The highest BCUT2D eigenvalue weighted by atomic mass is 32.2. The Hall–Kier alpha value is -2.78. The van der Waals surface area contributed by atoms with E-state index in [1.165, 1.54) is 0 Å². The van der Waals surface area contributed by atoms with Gasteiger partial charge >= 0.3 is 0 Å². The Bertz CT molecular complexity index is 972. The summed E-state index contributed by atoms with van der Waals surface area (Å²) in [6.07, 6.45) is 1.85. The van der Waals surface area contributed by atoms with Crippen molar-refractivity contribution in [3.63, 3.8) is 0 Å². The summed E-state index contributed by atoms with van der Waals surface area (Å²) in [5.41, 5.74) is 1.57. The minimum Gasteiger partial charge on any atom is -0.352 e. The minimum absolute atomic E-state index is 0.0318. The van der Waals surface area contributed by atoms with Crippen LogP contribution >= 0.6 is 0 Å². The summed E-state index contributed by atoms with van der Waals surface area (Å²) in [6.45, 7) is 0.220. The second-order valence-corrected chi connectivity index (χ2v) is 8.61. The molecule has 0 aliphatic heterocycles. The number of carbonyl (C=O) groups excluding carboxylic acids is 2. The molecule has 7 nitrogen and oxygen atoms in total. The highest BCUT2D eigenvalue weighted by Crippen LogP contribution is 2.30. The van der Waals surface area contributed by atoms with E-state index in [1.807, 2.05) is 0 Å². The molecule has 0 radical (unpaired) electrons. The van der Waals surface area contributed by atoms with Crippen LogP contribution in [0.1, 0.15) is 24.8 Å². The maximum atomic E-state index is 12.9. The van der Waals surface area contributed by atoms with Gasteiger partial charge in [-0.1, -0.05) is 12.1 Å². The fourth-order valence-corrected chi connectivity index (χ4v) is 3.61. The molecule has 9 heteroatoms. The third-order valence-electron chi connectivity index (χ3n) is 4.43. The smallest absolute Gasteiger partial charge is 0.240 e. The zero-order chi connectivity index (χ0) is 20.9. The predicted octanol–water partition coefficient (Wildman–Crippen LogP) is 2.16. The number of hydrogen-bond donors (Lipinski definition) is 3. The molecule has 2 aromatic carbocycles. The van der Waals surface area contributed by atoms with Crippen molar-refractivity contribution >= 4 is 27.5 Å². The Balaban J connectivity index is 1.39. The van der Waals surface area contributed by atoms with Gasteiger partial charge in [-0.25, -0.2) is 17.5 Å². The van der Waals surface area contributed by atoms with Crippen molar-refractivity contribution in [2.45, 2.75) is 30.7 Å². The van der Waals surface area contributed by atoms with Crippen molar-refractivity contribution in [1.82, 2.24) is 10.0 Å². The normalized spacial score (nSPS) is 13.7. The first-order valence-electron chi connectivity index (χ1n) is 9.25. The number of benzene rings is 2. The molecule has 0 atom stereocenters. The molecular weight excluding hydrogens is 397 g/mol. The van der Waals surface area contributed by atoms with Crippen LogP contribution in [0.4, 0.5) is 10.1 Å². The molecule has 0 heterocycles. The highest BCUT2D eigenvalue weighted by Gasteiger charge is 2.29. The SMILES string of the molecule is O=C(CCNS(=O)(=O)c1ccc(F)cc1)NCc1ccc(NC(=O)C2CC2)cc1. The second kappa shape index (κ2) is 9.15. The maximum absolute atomic E-state index is 12.9. The summed E-state index contributed by atoms with van der Waals surface area (Å²) in [5.74, 6) is -0.664.